The number of aromatic hydroxyl groups is 1. The average molecular weight is 322 g/mol. The maximum Gasteiger partial charge on any atom is 0.227 e. The first-order valence-corrected chi connectivity index (χ1v) is 7.70. The van der Waals surface area contributed by atoms with E-state index in [0.717, 1.165) is 16.9 Å². The molecule has 3 aromatic rings. The summed E-state index contributed by atoms with van der Waals surface area (Å²) in [6, 6.07) is 18.7. The van der Waals surface area contributed by atoms with Gasteiger partial charge in [0.1, 0.15) is 18.1 Å². The predicted octanol–water partition coefficient (Wildman–Crippen LogP) is 3.82. The van der Waals surface area contributed by atoms with Crippen LogP contribution in [0.15, 0.2) is 69.9 Å². The molecule has 0 unspecified atom stereocenters. The largest absolute Gasteiger partial charge is 0.502 e. The van der Waals surface area contributed by atoms with Crippen LogP contribution in [0.3, 0.4) is 0 Å². The van der Waals surface area contributed by atoms with Crippen molar-refractivity contribution in [3.63, 3.8) is 0 Å². The fourth-order valence-electron chi connectivity index (χ4n) is 2.41. The van der Waals surface area contributed by atoms with Gasteiger partial charge in [0, 0.05) is 12.5 Å². The van der Waals surface area contributed by atoms with Gasteiger partial charge in [-0.15, -0.1) is 0 Å². The lowest BCUT2D eigenvalue weighted by Crippen LogP contribution is -2.03. The fourth-order valence-corrected chi connectivity index (χ4v) is 2.41. The first kappa shape index (κ1) is 15.9. The Bertz CT molecular complexity index is 864. The lowest BCUT2D eigenvalue weighted by Gasteiger charge is -2.08. The summed E-state index contributed by atoms with van der Waals surface area (Å²) in [5, 5.41) is 9.82. The number of aryl methyl sites for hydroxylation is 1. The molecule has 24 heavy (non-hydrogen) atoms. The zero-order chi connectivity index (χ0) is 16.9. The highest BCUT2D eigenvalue weighted by Crippen LogP contribution is 2.20. The Balaban J connectivity index is 1.68. The molecule has 4 heteroatoms. The number of benzene rings is 2. The number of ether oxygens (including phenoxy) is 1. The molecule has 1 aromatic heterocycles. The number of rotatable bonds is 5. The summed E-state index contributed by atoms with van der Waals surface area (Å²) in [5.41, 5.74) is 1.61. The number of hydrogen-bond donors (Lipinski definition) is 1. The molecule has 0 amide bonds. The zero-order valence-corrected chi connectivity index (χ0v) is 13.4. The Hall–Kier alpha value is -3.01. The van der Waals surface area contributed by atoms with Crippen molar-refractivity contribution < 1.29 is 14.3 Å². The van der Waals surface area contributed by atoms with E-state index in [9.17, 15) is 9.90 Å². The second-order valence-electron chi connectivity index (χ2n) is 5.59. The summed E-state index contributed by atoms with van der Waals surface area (Å²) in [4.78, 5) is 11.6. The molecule has 2 aromatic carbocycles. The van der Waals surface area contributed by atoms with E-state index in [1.807, 2.05) is 54.6 Å². The molecule has 1 heterocycles. The molecule has 122 valence electrons. The molecule has 0 radical (unpaired) electrons. The Morgan fingerprint density at radius 1 is 1.00 bits per heavy atom. The summed E-state index contributed by atoms with van der Waals surface area (Å²) in [6.07, 6.45) is 0.349. The van der Waals surface area contributed by atoms with Gasteiger partial charge in [0.05, 0.1) is 0 Å². The monoisotopic (exact) mass is 322 g/mol. The van der Waals surface area contributed by atoms with Gasteiger partial charge < -0.3 is 14.3 Å². The van der Waals surface area contributed by atoms with E-state index in [4.69, 9.17) is 9.15 Å². The van der Waals surface area contributed by atoms with Gasteiger partial charge in [-0.05, 0) is 30.2 Å². The normalized spacial score (nSPS) is 10.5. The topological polar surface area (TPSA) is 59.7 Å². The summed E-state index contributed by atoms with van der Waals surface area (Å²) in [7, 11) is 0. The minimum absolute atomic E-state index is 0.276. The van der Waals surface area contributed by atoms with Gasteiger partial charge in [0.15, 0.2) is 5.76 Å². The van der Waals surface area contributed by atoms with Crippen LogP contribution in [0.25, 0.3) is 0 Å². The molecule has 0 aliphatic heterocycles. The molecule has 0 spiro atoms. The van der Waals surface area contributed by atoms with Crippen molar-refractivity contribution >= 4 is 0 Å². The van der Waals surface area contributed by atoms with Crippen LogP contribution >= 0.6 is 0 Å². The molecule has 0 bridgehead atoms. The maximum absolute atomic E-state index is 11.6. The van der Waals surface area contributed by atoms with Crippen molar-refractivity contribution in [2.24, 2.45) is 0 Å². The number of hydrogen-bond acceptors (Lipinski definition) is 4. The Morgan fingerprint density at radius 3 is 2.42 bits per heavy atom. The molecular weight excluding hydrogens is 304 g/mol. The van der Waals surface area contributed by atoms with Crippen LogP contribution in [0, 0.1) is 6.92 Å². The van der Waals surface area contributed by atoms with Crippen LogP contribution in [-0.4, -0.2) is 5.11 Å². The van der Waals surface area contributed by atoms with Gasteiger partial charge >= 0.3 is 0 Å². The van der Waals surface area contributed by atoms with Gasteiger partial charge in [-0.25, -0.2) is 0 Å². The summed E-state index contributed by atoms with van der Waals surface area (Å²) >= 11 is 0. The van der Waals surface area contributed by atoms with E-state index in [-0.39, 0.29) is 11.5 Å². The van der Waals surface area contributed by atoms with Crippen LogP contribution < -0.4 is 10.2 Å². The van der Waals surface area contributed by atoms with Crippen molar-refractivity contribution in [2.75, 3.05) is 0 Å². The summed E-state index contributed by atoms with van der Waals surface area (Å²) in [6.45, 7) is 2.19. The highest BCUT2D eigenvalue weighted by Gasteiger charge is 2.10. The average Bonchev–Trinajstić information content (AvgIpc) is 2.59. The molecule has 0 saturated carbocycles. The highest BCUT2D eigenvalue weighted by molar-refractivity contribution is 5.33. The third-order valence-electron chi connectivity index (χ3n) is 3.65. The quantitative estimate of drug-likeness (QED) is 0.775. The van der Waals surface area contributed by atoms with E-state index in [2.05, 4.69) is 0 Å². The third kappa shape index (κ3) is 3.84. The Labute approximate surface area is 140 Å². The van der Waals surface area contributed by atoms with E-state index >= 15 is 0 Å². The molecule has 0 aliphatic rings. The molecule has 1 N–H and O–H groups in total. The Morgan fingerprint density at radius 2 is 1.71 bits per heavy atom. The lowest BCUT2D eigenvalue weighted by molar-refractivity contribution is 0.306. The molecule has 3 rings (SSSR count). The lowest BCUT2D eigenvalue weighted by atomic mass is 10.1. The molecule has 0 fully saturated rings. The third-order valence-corrected chi connectivity index (χ3v) is 3.65. The van der Waals surface area contributed by atoms with E-state index in [0.29, 0.717) is 18.8 Å². The fraction of sp³-hybridized carbons (Fsp3) is 0.150. The minimum Gasteiger partial charge on any atom is -0.502 e. The first-order chi connectivity index (χ1) is 11.6. The molecule has 0 atom stereocenters. The summed E-state index contributed by atoms with van der Waals surface area (Å²) in [5.74, 6) is 1.19. The van der Waals surface area contributed by atoms with Gasteiger partial charge in [0.2, 0.25) is 11.2 Å². The molecule has 0 aliphatic carbocycles. The van der Waals surface area contributed by atoms with Crippen molar-refractivity contribution in [1.82, 2.24) is 0 Å². The smallest absolute Gasteiger partial charge is 0.227 e. The van der Waals surface area contributed by atoms with Crippen LogP contribution in [0.4, 0.5) is 0 Å². The van der Waals surface area contributed by atoms with Crippen molar-refractivity contribution in [2.45, 2.75) is 20.0 Å². The van der Waals surface area contributed by atoms with Gasteiger partial charge in [-0.3, -0.25) is 4.79 Å². The van der Waals surface area contributed by atoms with Crippen LogP contribution in [-0.2, 0) is 13.0 Å². The van der Waals surface area contributed by atoms with E-state index in [1.54, 1.807) is 6.92 Å². The van der Waals surface area contributed by atoms with Crippen molar-refractivity contribution in [3.05, 3.63) is 93.5 Å². The predicted molar refractivity (Wildman–Crippen MR) is 91.4 cm³/mol. The van der Waals surface area contributed by atoms with Crippen molar-refractivity contribution in [3.8, 4) is 11.5 Å². The molecular formula is C20H18O4. The molecule has 0 saturated heterocycles. The van der Waals surface area contributed by atoms with Gasteiger partial charge in [0.25, 0.3) is 0 Å². The van der Waals surface area contributed by atoms with Gasteiger partial charge in [-0.2, -0.15) is 0 Å². The standard InChI is InChI=1S/C20H18O4/c1-14-11-18(21)20(22)19(24-14)12-15-7-9-17(10-8-15)23-13-16-5-3-2-4-6-16/h2-11,22H,12-13H2,1H3. The SMILES string of the molecule is Cc1cc(=O)c(O)c(Cc2ccc(OCc3ccccc3)cc2)o1. The van der Waals surface area contributed by atoms with E-state index < -0.39 is 5.43 Å². The van der Waals surface area contributed by atoms with E-state index in [1.165, 1.54) is 6.07 Å². The molecule has 4 nitrogen and oxygen atoms in total. The second kappa shape index (κ2) is 7.04. The second-order valence-corrected chi connectivity index (χ2v) is 5.59. The zero-order valence-electron chi connectivity index (χ0n) is 13.4. The summed E-state index contributed by atoms with van der Waals surface area (Å²) < 4.78 is 11.2. The van der Waals surface area contributed by atoms with Crippen LogP contribution in [0.2, 0.25) is 0 Å². The Kier molecular flexibility index (Phi) is 4.66. The minimum atomic E-state index is -0.420. The van der Waals surface area contributed by atoms with Crippen molar-refractivity contribution in [1.29, 1.82) is 0 Å². The first-order valence-electron chi connectivity index (χ1n) is 7.70. The van der Waals surface area contributed by atoms with Gasteiger partial charge in [-0.1, -0.05) is 42.5 Å². The van der Waals surface area contributed by atoms with Crippen LogP contribution in [0.5, 0.6) is 11.5 Å². The highest BCUT2D eigenvalue weighted by atomic mass is 16.5. The van der Waals surface area contributed by atoms with Crippen LogP contribution in [0.1, 0.15) is 22.6 Å². The maximum atomic E-state index is 11.6.